The highest BCUT2D eigenvalue weighted by Crippen LogP contribution is 2.33. The summed E-state index contributed by atoms with van der Waals surface area (Å²) in [5.74, 6) is -1.35. The molecule has 2 amide bonds. The third-order valence-electron chi connectivity index (χ3n) is 6.17. The number of hydrogen-bond acceptors (Lipinski definition) is 4. The third kappa shape index (κ3) is 7.12. The van der Waals surface area contributed by atoms with Crippen molar-refractivity contribution in [3.8, 4) is 0 Å². The Morgan fingerprint density at radius 3 is 2.10 bits per heavy atom. The van der Waals surface area contributed by atoms with Gasteiger partial charge in [-0.15, -0.1) is 0 Å². The lowest BCUT2D eigenvalue weighted by molar-refractivity contribution is -0.137. The molecule has 0 aliphatic rings. The summed E-state index contributed by atoms with van der Waals surface area (Å²) in [6.07, 6.45) is -4.73. The van der Waals surface area contributed by atoms with Gasteiger partial charge in [-0.25, -0.2) is 8.42 Å². The van der Waals surface area contributed by atoms with Crippen LogP contribution in [-0.4, -0.2) is 26.8 Å². The van der Waals surface area contributed by atoms with E-state index in [2.05, 4.69) is 10.6 Å². The van der Waals surface area contributed by atoms with Gasteiger partial charge in [-0.2, -0.15) is 13.2 Å². The number of carbonyl (C=O) groups excluding carboxylic acids is 2. The van der Waals surface area contributed by atoms with Crippen molar-refractivity contribution in [2.75, 3.05) is 16.2 Å². The maximum absolute atomic E-state index is 13.5. The molecule has 0 aliphatic carbocycles. The Morgan fingerprint density at radius 1 is 0.829 bits per heavy atom. The molecule has 0 fully saturated rings. The first-order valence-electron chi connectivity index (χ1n) is 12.5. The van der Waals surface area contributed by atoms with E-state index >= 15 is 0 Å². The van der Waals surface area contributed by atoms with E-state index in [4.69, 9.17) is 0 Å². The average molecular weight is 582 g/mol. The molecule has 2 N–H and O–H groups in total. The quantitative estimate of drug-likeness (QED) is 0.252. The van der Waals surface area contributed by atoms with Gasteiger partial charge in [0.25, 0.3) is 15.9 Å². The monoisotopic (exact) mass is 581 g/mol. The lowest BCUT2D eigenvalue weighted by Crippen LogP contribution is -2.38. The molecule has 4 aromatic carbocycles. The Kier molecular flexibility index (Phi) is 8.77. The van der Waals surface area contributed by atoms with Crippen molar-refractivity contribution >= 4 is 33.2 Å². The lowest BCUT2D eigenvalue weighted by Gasteiger charge is -2.25. The summed E-state index contributed by atoms with van der Waals surface area (Å²) in [7, 11) is -4.45. The Hall–Kier alpha value is -4.64. The number of alkyl halides is 3. The minimum Gasteiger partial charge on any atom is -0.345 e. The number of halogens is 3. The molecule has 4 rings (SSSR count). The largest absolute Gasteiger partial charge is 0.416 e. The summed E-state index contributed by atoms with van der Waals surface area (Å²) >= 11 is 0. The van der Waals surface area contributed by atoms with E-state index < -0.39 is 40.1 Å². The van der Waals surface area contributed by atoms with Crippen LogP contribution in [0, 0.1) is 0 Å². The van der Waals surface area contributed by atoms with Gasteiger partial charge in [0.1, 0.15) is 6.54 Å². The van der Waals surface area contributed by atoms with E-state index in [-0.39, 0.29) is 27.9 Å². The fraction of sp³-hybridized carbons (Fsp3) is 0.133. The summed E-state index contributed by atoms with van der Waals surface area (Å²) in [6.45, 7) is 0.949. The molecular formula is C30H26F3N3O4S. The van der Waals surface area contributed by atoms with Crippen molar-refractivity contribution in [2.24, 2.45) is 0 Å². The van der Waals surface area contributed by atoms with Gasteiger partial charge in [0.05, 0.1) is 33.4 Å². The van der Waals surface area contributed by atoms with Gasteiger partial charge in [0, 0.05) is 0 Å². The van der Waals surface area contributed by atoms with Crippen molar-refractivity contribution in [3.05, 3.63) is 126 Å². The molecule has 0 unspecified atom stereocenters. The van der Waals surface area contributed by atoms with Crippen LogP contribution in [-0.2, 0) is 21.0 Å². The van der Waals surface area contributed by atoms with Crippen molar-refractivity contribution in [3.63, 3.8) is 0 Å². The van der Waals surface area contributed by atoms with Crippen molar-refractivity contribution < 1.29 is 31.2 Å². The van der Waals surface area contributed by atoms with Crippen LogP contribution in [0.3, 0.4) is 0 Å². The minimum absolute atomic E-state index is 0.108. The van der Waals surface area contributed by atoms with E-state index in [0.717, 1.165) is 17.7 Å². The minimum atomic E-state index is -4.73. The number of para-hydroxylation sites is 1. The third-order valence-corrected chi connectivity index (χ3v) is 7.96. The predicted molar refractivity (Wildman–Crippen MR) is 150 cm³/mol. The summed E-state index contributed by atoms with van der Waals surface area (Å²) in [5, 5.41) is 5.40. The van der Waals surface area contributed by atoms with Gasteiger partial charge in [-0.3, -0.25) is 13.9 Å². The Labute approximate surface area is 235 Å². The molecule has 0 spiro atoms. The molecule has 7 nitrogen and oxygen atoms in total. The fourth-order valence-electron chi connectivity index (χ4n) is 4.08. The first kappa shape index (κ1) is 29.3. The van der Waals surface area contributed by atoms with Crippen LogP contribution < -0.4 is 14.9 Å². The highest BCUT2D eigenvalue weighted by molar-refractivity contribution is 7.92. The summed E-state index contributed by atoms with van der Waals surface area (Å²) in [5.41, 5.74) is -0.318. The second kappa shape index (κ2) is 12.3. The van der Waals surface area contributed by atoms with Crippen LogP contribution in [0.5, 0.6) is 0 Å². The standard InChI is InChI=1S/C30H26F3N3O4S/c1-21(22-11-4-2-5-12-22)34-29(38)26-17-8-9-18-27(26)35-28(37)20-36(41(39,40)25-15-6-3-7-16-25)24-14-10-13-23(19-24)30(31,32)33/h2-19,21H,20H2,1H3,(H,34,38)(H,35,37)/t21-/m0/s1. The molecular weight excluding hydrogens is 555 g/mol. The van der Waals surface area contributed by atoms with Gasteiger partial charge < -0.3 is 10.6 Å². The number of hydrogen-bond donors (Lipinski definition) is 2. The topological polar surface area (TPSA) is 95.6 Å². The highest BCUT2D eigenvalue weighted by atomic mass is 32.2. The normalized spacial score (nSPS) is 12.3. The molecule has 212 valence electrons. The maximum Gasteiger partial charge on any atom is 0.416 e. The van der Waals surface area contributed by atoms with E-state index in [1.165, 1.54) is 42.5 Å². The molecule has 0 saturated carbocycles. The number of rotatable bonds is 9. The second-order valence-corrected chi connectivity index (χ2v) is 10.9. The van der Waals surface area contributed by atoms with Crippen molar-refractivity contribution in [1.82, 2.24) is 5.32 Å². The number of nitrogens with zero attached hydrogens (tertiary/aromatic N) is 1. The van der Waals surface area contributed by atoms with Crippen LogP contribution in [0.1, 0.15) is 34.5 Å². The Morgan fingerprint density at radius 2 is 1.44 bits per heavy atom. The first-order chi connectivity index (χ1) is 19.5. The van der Waals surface area contributed by atoms with Crippen molar-refractivity contribution in [2.45, 2.75) is 24.0 Å². The van der Waals surface area contributed by atoms with Gasteiger partial charge in [-0.1, -0.05) is 66.7 Å². The first-order valence-corrected chi connectivity index (χ1v) is 13.9. The number of anilines is 2. The zero-order valence-corrected chi connectivity index (χ0v) is 22.6. The average Bonchev–Trinajstić information content (AvgIpc) is 2.96. The molecule has 0 radical (unpaired) electrons. The smallest absolute Gasteiger partial charge is 0.345 e. The molecule has 41 heavy (non-hydrogen) atoms. The number of carbonyl (C=O) groups is 2. The van der Waals surface area contributed by atoms with E-state index in [0.29, 0.717) is 10.4 Å². The number of sulfonamides is 1. The van der Waals surface area contributed by atoms with Crippen molar-refractivity contribution in [1.29, 1.82) is 0 Å². The van der Waals surface area contributed by atoms with E-state index in [1.807, 2.05) is 30.3 Å². The SMILES string of the molecule is C[C@H](NC(=O)c1ccccc1NC(=O)CN(c1cccc(C(F)(F)F)c1)S(=O)(=O)c1ccccc1)c1ccccc1. The van der Waals surface area contributed by atoms with E-state index in [1.54, 1.807) is 25.1 Å². The molecule has 0 bridgehead atoms. The summed E-state index contributed by atoms with van der Waals surface area (Å²) < 4.78 is 67.9. The van der Waals surface area contributed by atoms with Gasteiger partial charge in [0.2, 0.25) is 5.91 Å². The van der Waals surface area contributed by atoms with Crippen LogP contribution in [0.2, 0.25) is 0 Å². The molecule has 4 aromatic rings. The number of nitrogens with one attached hydrogen (secondary N) is 2. The van der Waals surface area contributed by atoms with Gasteiger partial charge in [-0.05, 0) is 55.0 Å². The van der Waals surface area contributed by atoms with Crippen LogP contribution in [0.25, 0.3) is 0 Å². The highest BCUT2D eigenvalue weighted by Gasteiger charge is 2.33. The van der Waals surface area contributed by atoms with Gasteiger partial charge in [0.15, 0.2) is 0 Å². The molecule has 0 heterocycles. The van der Waals surface area contributed by atoms with E-state index in [9.17, 15) is 31.2 Å². The molecule has 0 saturated heterocycles. The zero-order chi connectivity index (χ0) is 29.6. The molecule has 0 aromatic heterocycles. The lowest BCUT2D eigenvalue weighted by atomic mass is 10.1. The second-order valence-electron chi connectivity index (χ2n) is 9.07. The number of amides is 2. The molecule has 0 aliphatic heterocycles. The Balaban J connectivity index is 1.62. The predicted octanol–water partition coefficient (Wildman–Crippen LogP) is 6.03. The molecule has 1 atom stereocenters. The van der Waals surface area contributed by atoms with Crippen LogP contribution in [0.15, 0.2) is 114 Å². The Bertz CT molecular complexity index is 1630. The fourth-order valence-corrected chi connectivity index (χ4v) is 5.52. The van der Waals surface area contributed by atoms with Crippen LogP contribution in [0.4, 0.5) is 24.5 Å². The van der Waals surface area contributed by atoms with Gasteiger partial charge >= 0.3 is 6.18 Å². The number of benzene rings is 4. The summed E-state index contributed by atoms with van der Waals surface area (Å²) in [6, 6.07) is 25.8. The summed E-state index contributed by atoms with van der Waals surface area (Å²) in [4.78, 5) is 26.1. The molecule has 11 heteroatoms. The van der Waals surface area contributed by atoms with Crippen LogP contribution >= 0.6 is 0 Å². The zero-order valence-electron chi connectivity index (χ0n) is 21.8. The maximum atomic E-state index is 13.5.